The van der Waals surface area contributed by atoms with Crippen molar-refractivity contribution in [1.82, 2.24) is 5.32 Å². The number of rotatable bonds is 6. The van der Waals surface area contributed by atoms with Gasteiger partial charge < -0.3 is 16.3 Å². The molecule has 1 unspecified atom stereocenters. The molecule has 7 heteroatoms. The topological polar surface area (TPSA) is 114 Å². The van der Waals surface area contributed by atoms with Crippen molar-refractivity contribution in [3.05, 3.63) is 39.4 Å². The average molecular weight is 266 g/mol. The fourth-order valence-corrected chi connectivity index (χ4v) is 1.82. The summed E-state index contributed by atoms with van der Waals surface area (Å²) in [4.78, 5) is 10.4. The Kier molecular flexibility index (Phi) is 5.25. The van der Waals surface area contributed by atoms with Crippen LogP contribution in [-0.2, 0) is 6.54 Å². The molecule has 0 fully saturated rings. The van der Waals surface area contributed by atoms with Gasteiger partial charge in [-0.3, -0.25) is 10.1 Å². The van der Waals surface area contributed by atoms with Crippen molar-refractivity contribution in [3.8, 4) is 0 Å². The maximum Gasteiger partial charge on any atom is 0.272 e. The van der Waals surface area contributed by atoms with Crippen LogP contribution in [0, 0.1) is 17.0 Å². The molecule has 1 aromatic rings. The van der Waals surface area contributed by atoms with Gasteiger partial charge in [-0.15, -0.1) is 0 Å². The van der Waals surface area contributed by atoms with Gasteiger partial charge in [-0.2, -0.15) is 0 Å². The molecule has 0 bridgehead atoms. The highest BCUT2D eigenvalue weighted by Gasteiger charge is 2.15. The number of oxime groups is 1. The first-order chi connectivity index (χ1) is 9.01. The van der Waals surface area contributed by atoms with Gasteiger partial charge >= 0.3 is 0 Å². The van der Waals surface area contributed by atoms with Gasteiger partial charge in [0.15, 0.2) is 5.84 Å². The van der Waals surface area contributed by atoms with Crippen LogP contribution in [0.5, 0.6) is 0 Å². The van der Waals surface area contributed by atoms with Crippen LogP contribution in [0.15, 0.2) is 23.4 Å². The number of benzene rings is 1. The van der Waals surface area contributed by atoms with E-state index in [2.05, 4.69) is 10.5 Å². The van der Waals surface area contributed by atoms with E-state index in [4.69, 9.17) is 10.9 Å². The van der Waals surface area contributed by atoms with Gasteiger partial charge in [0.1, 0.15) is 0 Å². The van der Waals surface area contributed by atoms with Gasteiger partial charge in [0.25, 0.3) is 5.69 Å². The Labute approximate surface area is 111 Å². The molecule has 19 heavy (non-hydrogen) atoms. The van der Waals surface area contributed by atoms with E-state index in [0.717, 1.165) is 5.56 Å². The molecule has 0 aliphatic heterocycles. The van der Waals surface area contributed by atoms with Crippen LogP contribution < -0.4 is 11.1 Å². The van der Waals surface area contributed by atoms with Crippen molar-refractivity contribution in [2.45, 2.75) is 32.9 Å². The summed E-state index contributed by atoms with van der Waals surface area (Å²) < 4.78 is 0. The summed E-state index contributed by atoms with van der Waals surface area (Å²) in [6.45, 7) is 4.03. The second-order valence-electron chi connectivity index (χ2n) is 4.18. The van der Waals surface area contributed by atoms with E-state index in [1.807, 2.05) is 13.0 Å². The Bertz CT molecular complexity index is 488. The van der Waals surface area contributed by atoms with Gasteiger partial charge in [0.05, 0.1) is 11.0 Å². The molecule has 0 aliphatic carbocycles. The lowest BCUT2D eigenvalue weighted by molar-refractivity contribution is -0.385. The second-order valence-corrected chi connectivity index (χ2v) is 4.18. The Morgan fingerprint density at radius 1 is 1.63 bits per heavy atom. The summed E-state index contributed by atoms with van der Waals surface area (Å²) in [7, 11) is 0. The molecule has 0 amide bonds. The van der Waals surface area contributed by atoms with Crippen molar-refractivity contribution < 1.29 is 10.1 Å². The maximum atomic E-state index is 10.8. The van der Waals surface area contributed by atoms with E-state index in [0.29, 0.717) is 18.5 Å². The standard InChI is InChI=1S/C12H18N4O3/c1-3-10(12(13)15-17)14-7-9-5-4-6-11(8(9)2)16(18)19/h4-6,10,14,17H,3,7H2,1-2H3,(H2,13,15). The first-order valence-electron chi connectivity index (χ1n) is 5.94. The van der Waals surface area contributed by atoms with E-state index in [1.54, 1.807) is 13.0 Å². The van der Waals surface area contributed by atoms with Crippen molar-refractivity contribution in [2.24, 2.45) is 10.9 Å². The Balaban J connectivity index is 2.83. The maximum absolute atomic E-state index is 10.8. The summed E-state index contributed by atoms with van der Waals surface area (Å²) >= 11 is 0. The zero-order valence-corrected chi connectivity index (χ0v) is 11.0. The van der Waals surface area contributed by atoms with Crippen LogP contribution >= 0.6 is 0 Å². The molecule has 0 radical (unpaired) electrons. The number of nitro groups is 1. The lowest BCUT2D eigenvalue weighted by Gasteiger charge is -2.16. The van der Waals surface area contributed by atoms with E-state index in [-0.39, 0.29) is 17.6 Å². The number of nitrogens with two attached hydrogens (primary N) is 1. The summed E-state index contributed by atoms with van der Waals surface area (Å²) in [6, 6.07) is 4.67. The summed E-state index contributed by atoms with van der Waals surface area (Å²) in [5.74, 6) is 0.102. The number of nitrogens with zero attached hydrogens (tertiary/aromatic N) is 2. The normalized spacial score (nSPS) is 13.3. The van der Waals surface area contributed by atoms with Gasteiger partial charge in [0.2, 0.25) is 0 Å². The monoisotopic (exact) mass is 266 g/mol. The second kappa shape index (κ2) is 6.69. The summed E-state index contributed by atoms with van der Waals surface area (Å²) in [5, 5.41) is 25.5. The smallest absolute Gasteiger partial charge is 0.272 e. The van der Waals surface area contributed by atoms with Gasteiger partial charge in [0, 0.05) is 18.2 Å². The van der Waals surface area contributed by atoms with Crippen LogP contribution in [0.25, 0.3) is 0 Å². The first kappa shape index (κ1) is 14.9. The number of nitrogens with one attached hydrogen (secondary N) is 1. The predicted octanol–water partition coefficient (Wildman–Crippen LogP) is 1.52. The zero-order chi connectivity index (χ0) is 14.4. The number of nitro benzene ring substituents is 1. The quantitative estimate of drug-likeness (QED) is 0.237. The molecule has 1 rings (SSSR count). The Morgan fingerprint density at radius 2 is 2.32 bits per heavy atom. The molecular formula is C12H18N4O3. The minimum atomic E-state index is -0.403. The molecule has 0 aromatic heterocycles. The van der Waals surface area contributed by atoms with E-state index in [9.17, 15) is 10.1 Å². The fourth-order valence-electron chi connectivity index (χ4n) is 1.82. The van der Waals surface area contributed by atoms with Gasteiger partial charge in [-0.1, -0.05) is 24.2 Å². The van der Waals surface area contributed by atoms with Crippen LogP contribution in [0.3, 0.4) is 0 Å². The third kappa shape index (κ3) is 3.65. The van der Waals surface area contributed by atoms with E-state index < -0.39 is 4.92 Å². The number of hydrogen-bond acceptors (Lipinski definition) is 5. The minimum absolute atomic E-state index is 0.0937. The lowest BCUT2D eigenvalue weighted by Crippen LogP contribution is -2.40. The van der Waals surface area contributed by atoms with Crippen LogP contribution in [-0.4, -0.2) is 22.0 Å². The zero-order valence-electron chi connectivity index (χ0n) is 11.0. The van der Waals surface area contributed by atoms with Crippen molar-refractivity contribution >= 4 is 11.5 Å². The molecule has 104 valence electrons. The van der Waals surface area contributed by atoms with Crippen molar-refractivity contribution in [1.29, 1.82) is 0 Å². The molecule has 1 atom stereocenters. The lowest BCUT2D eigenvalue weighted by atomic mass is 10.1. The van der Waals surface area contributed by atoms with Gasteiger partial charge in [-0.05, 0) is 18.9 Å². The largest absolute Gasteiger partial charge is 0.409 e. The van der Waals surface area contributed by atoms with Crippen LogP contribution in [0.1, 0.15) is 24.5 Å². The van der Waals surface area contributed by atoms with E-state index in [1.165, 1.54) is 6.07 Å². The average Bonchev–Trinajstić information content (AvgIpc) is 2.40. The molecule has 0 saturated carbocycles. The molecule has 0 aliphatic rings. The Hall–Kier alpha value is -2.15. The molecule has 4 N–H and O–H groups in total. The fraction of sp³-hybridized carbons (Fsp3) is 0.417. The number of amidine groups is 1. The van der Waals surface area contributed by atoms with E-state index >= 15 is 0 Å². The predicted molar refractivity (Wildman–Crippen MR) is 72.2 cm³/mol. The van der Waals surface area contributed by atoms with Gasteiger partial charge in [-0.25, -0.2) is 0 Å². The minimum Gasteiger partial charge on any atom is -0.409 e. The Morgan fingerprint density at radius 3 is 2.84 bits per heavy atom. The van der Waals surface area contributed by atoms with Crippen LogP contribution in [0.2, 0.25) is 0 Å². The third-order valence-electron chi connectivity index (χ3n) is 3.03. The SMILES string of the molecule is CCC(NCc1cccc([N+](=O)[O-])c1C)/C(N)=N/O. The molecule has 7 nitrogen and oxygen atoms in total. The highest BCUT2D eigenvalue weighted by Crippen LogP contribution is 2.20. The highest BCUT2D eigenvalue weighted by molar-refractivity contribution is 5.85. The van der Waals surface area contributed by atoms with Crippen LogP contribution in [0.4, 0.5) is 5.69 Å². The number of hydrogen-bond donors (Lipinski definition) is 3. The molecular weight excluding hydrogens is 248 g/mol. The third-order valence-corrected chi connectivity index (χ3v) is 3.03. The van der Waals surface area contributed by atoms with Crippen molar-refractivity contribution in [2.75, 3.05) is 0 Å². The molecule has 0 heterocycles. The van der Waals surface area contributed by atoms with Crippen molar-refractivity contribution in [3.63, 3.8) is 0 Å². The first-order valence-corrected chi connectivity index (χ1v) is 5.94. The molecule has 0 saturated heterocycles. The summed E-state index contributed by atoms with van der Waals surface area (Å²) in [5.41, 5.74) is 7.07. The molecule has 1 aromatic carbocycles. The highest BCUT2D eigenvalue weighted by atomic mass is 16.6. The summed E-state index contributed by atoms with van der Waals surface area (Å²) in [6.07, 6.45) is 0.657. The molecule has 0 spiro atoms.